The Hall–Kier alpha value is -3.37. The van der Waals surface area contributed by atoms with Gasteiger partial charge in [0.05, 0.1) is 11.4 Å². The number of carbonyl (C=O) groups is 1. The molecule has 0 spiro atoms. The number of aliphatic imine (C=N–C) groups is 1. The minimum absolute atomic E-state index is 0.0638. The Morgan fingerprint density at radius 1 is 1.16 bits per heavy atom. The van der Waals surface area contributed by atoms with Crippen LogP contribution in [0.3, 0.4) is 0 Å². The molecule has 1 aromatic carbocycles. The molecule has 1 fully saturated rings. The van der Waals surface area contributed by atoms with Crippen molar-refractivity contribution >= 4 is 23.5 Å². The summed E-state index contributed by atoms with van der Waals surface area (Å²) < 4.78 is 38.8. The Morgan fingerprint density at radius 2 is 1.81 bits per heavy atom. The summed E-state index contributed by atoms with van der Waals surface area (Å²) in [5, 5.41) is 12.3. The average molecular weight is 438 g/mol. The molecule has 0 bridgehead atoms. The Bertz CT molecular complexity index is 1100. The number of rotatable bonds is 4. The van der Waals surface area contributed by atoms with Crippen molar-refractivity contribution in [1.29, 1.82) is 0 Å². The van der Waals surface area contributed by atoms with Crippen LogP contribution in [0.5, 0.6) is 5.88 Å². The molecule has 1 aliphatic carbocycles. The van der Waals surface area contributed by atoms with E-state index < -0.39 is 29.2 Å². The van der Waals surface area contributed by atoms with Crippen molar-refractivity contribution in [1.82, 2.24) is 9.55 Å². The molecule has 11 heteroatoms. The van der Waals surface area contributed by atoms with Crippen LogP contribution < -0.4 is 16.6 Å². The molecule has 3 rings (SSSR count). The summed E-state index contributed by atoms with van der Waals surface area (Å²) in [4.78, 5) is 41.9. The molecule has 8 nitrogen and oxygen atoms in total. The number of H-pyrrole nitrogens is 1. The summed E-state index contributed by atoms with van der Waals surface area (Å²) >= 11 is 0. The van der Waals surface area contributed by atoms with Gasteiger partial charge in [0.1, 0.15) is 5.56 Å². The summed E-state index contributed by atoms with van der Waals surface area (Å²) in [6, 6.07) is 5.15. The van der Waals surface area contributed by atoms with Gasteiger partial charge in [-0.15, -0.1) is 0 Å². The number of aromatic amines is 1. The topological polar surface area (TPSA) is 117 Å². The zero-order chi connectivity index (χ0) is 22.6. The van der Waals surface area contributed by atoms with Crippen LogP contribution in [0, 0.1) is 0 Å². The molecule has 0 saturated heterocycles. The van der Waals surface area contributed by atoms with E-state index in [-0.39, 0.29) is 23.0 Å². The second kappa shape index (κ2) is 9.19. The highest BCUT2D eigenvalue weighted by Gasteiger charge is 2.39. The second-order valence-corrected chi connectivity index (χ2v) is 7.24. The standard InChI is InChI=1S/C20H21F3N4O4/c21-20(22,23)18(30)25-15-10-6-5-9-14(15)24-11-13-16(28)26-19(31)27(17(13)29)12-7-3-1-2-4-8-12/h5-6,9-12,29H,1-4,7-8H2,(H,25,30)(H,26,28,31). The molecule has 0 atom stereocenters. The minimum atomic E-state index is -5.08. The number of carbonyl (C=O) groups excluding carboxylic acids is 1. The van der Waals surface area contributed by atoms with E-state index in [9.17, 15) is 32.7 Å². The van der Waals surface area contributed by atoms with Gasteiger partial charge in [-0.1, -0.05) is 37.8 Å². The Balaban J connectivity index is 1.97. The van der Waals surface area contributed by atoms with Gasteiger partial charge in [0, 0.05) is 12.3 Å². The van der Waals surface area contributed by atoms with Crippen LogP contribution in [0.25, 0.3) is 0 Å². The van der Waals surface area contributed by atoms with Gasteiger partial charge in [0.15, 0.2) is 0 Å². The first-order chi connectivity index (χ1) is 14.7. The Labute approximate surface area is 174 Å². The van der Waals surface area contributed by atoms with Gasteiger partial charge in [-0.05, 0) is 25.0 Å². The quantitative estimate of drug-likeness (QED) is 0.501. The fraction of sp³-hybridized carbons (Fsp3) is 0.400. The number of aromatic nitrogens is 2. The number of hydrogen-bond donors (Lipinski definition) is 3. The number of para-hydroxylation sites is 2. The molecule has 1 aromatic heterocycles. The SMILES string of the molecule is O=C(Nc1ccccc1N=Cc1c(O)n(C2CCCCCC2)c(=O)[nH]c1=O)C(F)(F)F. The fourth-order valence-corrected chi connectivity index (χ4v) is 3.54. The highest BCUT2D eigenvalue weighted by molar-refractivity contribution is 5.98. The lowest BCUT2D eigenvalue weighted by Crippen LogP contribution is -2.34. The van der Waals surface area contributed by atoms with Crippen LogP contribution >= 0.6 is 0 Å². The largest absolute Gasteiger partial charge is 0.494 e. The zero-order valence-corrected chi connectivity index (χ0v) is 16.4. The lowest BCUT2D eigenvalue weighted by Gasteiger charge is -2.19. The maximum atomic E-state index is 12.5. The van der Waals surface area contributed by atoms with E-state index in [1.807, 2.05) is 0 Å². The molecule has 1 aliphatic rings. The molecule has 0 aliphatic heterocycles. The number of anilines is 1. The second-order valence-electron chi connectivity index (χ2n) is 7.24. The number of amides is 1. The molecule has 0 unspecified atom stereocenters. The fourth-order valence-electron chi connectivity index (χ4n) is 3.54. The number of halogens is 3. The number of nitrogens with zero attached hydrogens (tertiary/aromatic N) is 2. The smallest absolute Gasteiger partial charge is 0.471 e. The van der Waals surface area contributed by atoms with Crippen molar-refractivity contribution in [3.05, 3.63) is 50.7 Å². The maximum Gasteiger partial charge on any atom is 0.471 e. The van der Waals surface area contributed by atoms with Crippen molar-refractivity contribution in [2.75, 3.05) is 5.32 Å². The van der Waals surface area contributed by atoms with Gasteiger partial charge in [0.25, 0.3) is 5.56 Å². The summed E-state index contributed by atoms with van der Waals surface area (Å²) in [5.74, 6) is -2.72. The maximum absolute atomic E-state index is 12.5. The van der Waals surface area contributed by atoms with Crippen molar-refractivity contribution in [2.24, 2.45) is 4.99 Å². The first kappa shape index (κ1) is 22.3. The third-order valence-electron chi connectivity index (χ3n) is 5.09. The molecule has 2 aromatic rings. The Morgan fingerprint density at radius 3 is 2.45 bits per heavy atom. The summed E-state index contributed by atoms with van der Waals surface area (Å²) in [6.07, 6.45) is 1.01. The van der Waals surface area contributed by atoms with Crippen LogP contribution in [0.2, 0.25) is 0 Å². The zero-order valence-electron chi connectivity index (χ0n) is 16.4. The monoisotopic (exact) mass is 438 g/mol. The molecular formula is C20H21F3N4O4. The van der Waals surface area contributed by atoms with Crippen LogP contribution in [0.15, 0.2) is 38.8 Å². The number of hydrogen-bond acceptors (Lipinski definition) is 5. The first-order valence-electron chi connectivity index (χ1n) is 9.77. The van der Waals surface area contributed by atoms with Gasteiger partial charge >= 0.3 is 17.8 Å². The number of nitrogens with one attached hydrogen (secondary N) is 2. The molecule has 1 saturated carbocycles. The summed E-state index contributed by atoms with van der Waals surface area (Å²) in [7, 11) is 0. The molecule has 1 heterocycles. The van der Waals surface area contributed by atoms with E-state index >= 15 is 0 Å². The van der Waals surface area contributed by atoms with Crippen molar-refractivity contribution in [3.8, 4) is 5.88 Å². The lowest BCUT2D eigenvalue weighted by atomic mass is 10.1. The number of alkyl halides is 3. The third kappa shape index (κ3) is 5.22. The van der Waals surface area contributed by atoms with E-state index in [0.717, 1.165) is 36.5 Å². The summed E-state index contributed by atoms with van der Waals surface area (Å²) in [6.45, 7) is 0. The van der Waals surface area contributed by atoms with Gasteiger partial charge in [-0.3, -0.25) is 24.1 Å². The molecule has 0 radical (unpaired) electrons. The highest BCUT2D eigenvalue weighted by Crippen LogP contribution is 2.30. The van der Waals surface area contributed by atoms with E-state index in [1.165, 1.54) is 24.3 Å². The molecule has 166 valence electrons. The normalized spacial score (nSPS) is 15.7. The van der Waals surface area contributed by atoms with Crippen LogP contribution in [0.1, 0.15) is 50.1 Å². The van der Waals surface area contributed by atoms with Gasteiger partial charge in [0.2, 0.25) is 5.88 Å². The Kier molecular flexibility index (Phi) is 6.62. The average Bonchev–Trinajstić information content (AvgIpc) is 2.97. The van der Waals surface area contributed by atoms with Crippen molar-refractivity contribution in [2.45, 2.75) is 50.7 Å². The molecule has 3 N–H and O–H groups in total. The van der Waals surface area contributed by atoms with Crippen molar-refractivity contribution in [3.63, 3.8) is 0 Å². The number of aromatic hydroxyl groups is 1. The van der Waals surface area contributed by atoms with Gasteiger partial charge < -0.3 is 10.4 Å². The van der Waals surface area contributed by atoms with Gasteiger partial charge in [-0.25, -0.2) is 4.79 Å². The molecule has 31 heavy (non-hydrogen) atoms. The van der Waals surface area contributed by atoms with E-state index in [2.05, 4.69) is 9.98 Å². The van der Waals surface area contributed by atoms with Crippen LogP contribution in [-0.2, 0) is 4.79 Å². The van der Waals surface area contributed by atoms with Crippen LogP contribution in [-0.4, -0.2) is 33.0 Å². The molecule has 1 amide bonds. The first-order valence-corrected chi connectivity index (χ1v) is 9.77. The minimum Gasteiger partial charge on any atom is -0.494 e. The number of benzene rings is 1. The van der Waals surface area contributed by atoms with Crippen LogP contribution in [0.4, 0.5) is 24.5 Å². The van der Waals surface area contributed by atoms with Crippen molar-refractivity contribution < 1.29 is 23.1 Å². The van der Waals surface area contributed by atoms with E-state index in [0.29, 0.717) is 12.8 Å². The van der Waals surface area contributed by atoms with E-state index in [1.54, 1.807) is 5.32 Å². The van der Waals surface area contributed by atoms with E-state index in [4.69, 9.17) is 0 Å². The third-order valence-corrected chi connectivity index (χ3v) is 5.09. The van der Waals surface area contributed by atoms with Gasteiger partial charge in [-0.2, -0.15) is 13.2 Å². The predicted molar refractivity (Wildman–Crippen MR) is 108 cm³/mol. The summed E-state index contributed by atoms with van der Waals surface area (Å²) in [5.41, 5.74) is -2.21. The molecular weight excluding hydrogens is 417 g/mol. The predicted octanol–water partition coefficient (Wildman–Crippen LogP) is 3.39. The lowest BCUT2D eigenvalue weighted by molar-refractivity contribution is -0.167. The highest BCUT2D eigenvalue weighted by atomic mass is 19.4.